The summed E-state index contributed by atoms with van der Waals surface area (Å²) in [6.45, 7) is 3.07. The van der Waals surface area contributed by atoms with Crippen LogP contribution in [-0.2, 0) is 11.3 Å². The number of aryl methyl sites for hydroxylation is 1. The number of amides is 1. The number of benzene rings is 1. The molecule has 0 spiro atoms. The van der Waals surface area contributed by atoms with Gasteiger partial charge in [-0.3, -0.25) is 9.59 Å². The Morgan fingerprint density at radius 1 is 1.21 bits per heavy atom. The number of anilines is 1. The van der Waals surface area contributed by atoms with E-state index in [2.05, 4.69) is 5.32 Å². The summed E-state index contributed by atoms with van der Waals surface area (Å²) in [5, 5.41) is 12.0. The molecule has 0 bridgehead atoms. The van der Waals surface area contributed by atoms with Crippen molar-refractivity contribution in [3.8, 4) is 6.07 Å². The molecule has 0 atom stereocenters. The number of Topliss-reactive ketones (excluding diaryl/α,β-unsaturated/α-hetero) is 1. The molecule has 28 heavy (non-hydrogen) atoms. The molecule has 0 unspecified atom stereocenters. The van der Waals surface area contributed by atoms with Crippen molar-refractivity contribution in [3.63, 3.8) is 0 Å². The van der Waals surface area contributed by atoms with Crippen LogP contribution in [0.25, 0.3) is 6.08 Å². The van der Waals surface area contributed by atoms with Gasteiger partial charge in [0.2, 0.25) is 11.7 Å². The third-order valence-corrected chi connectivity index (χ3v) is 4.06. The first-order valence-corrected chi connectivity index (χ1v) is 8.29. The number of nitriles is 1. The SMILES string of the molecule is CC(=O)Nc1ccc(/C=C(\C#N)C(=O)c2cc(C)n(CC(F)(F)F)c2C)cc1. The first-order valence-electron chi connectivity index (χ1n) is 8.29. The van der Waals surface area contributed by atoms with Crippen molar-refractivity contribution in [2.75, 3.05) is 5.32 Å². The van der Waals surface area contributed by atoms with E-state index in [-0.39, 0.29) is 28.4 Å². The molecule has 1 heterocycles. The van der Waals surface area contributed by atoms with Gasteiger partial charge in [0.25, 0.3) is 0 Å². The lowest BCUT2D eigenvalue weighted by molar-refractivity contribution is -0.141. The summed E-state index contributed by atoms with van der Waals surface area (Å²) >= 11 is 0. The number of carbonyl (C=O) groups is 2. The monoisotopic (exact) mass is 389 g/mol. The molecule has 0 aliphatic carbocycles. The molecule has 146 valence electrons. The molecule has 0 fully saturated rings. The summed E-state index contributed by atoms with van der Waals surface area (Å²) in [4.78, 5) is 23.7. The van der Waals surface area contributed by atoms with Crippen molar-refractivity contribution in [1.29, 1.82) is 5.26 Å². The minimum absolute atomic E-state index is 0.0596. The highest BCUT2D eigenvalue weighted by molar-refractivity contribution is 6.14. The van der Waals surface area contributed by atoms with Crippen LogP contribution >= 0.6 is 0 Å². The Bertz CT molecular complexity index is 978. The molecule has 5 nitrogen and oxygen atoms in total. The molecule has 2 rings (SSSR count). The summed E-state index contributed by atoms with van der Waals surface area (Å²) in [5.41, 5.74) is 1.41. The number of nitrogens with zero attached hydrogens (tertiary/aromatic N) is 2. The zero-order valence-corrected chi connectivity index (χ0v) is 15.5. The Morgan fingerprint density at radius 2 is 1.82 bits per heavy atom. The van der Waals surface area contributed by atoms with Crippen molar-refractivity contribution in [2.45, 2.75) is 33.5 Å². The summed E-state index contributed by atoms with van der Waals surface area (Å²) in [5.74, 6) is -0.875. The van der Waals surface area contributed by atoms with Gasteiger partial charge in [0, 0.05) is 29.6 Å². The van der Waals surface area contributed by atoms with E-state index in [9.17, 15) is 28.0 Å². The zero-order valence-electron chi connectivity index (χ0n) is 15.5. The number of halogens is 3. The van der Waals surface area contributed by atoms with Crippen LogP contribution in [0.2, 0.25) is 0 Å². The molecular formula is C20H18F3N3O2. The second kappa shape index (κ2) is 8.13. The van der Waals surface area contributed by atoms with Crippen molar-refractivity contribution in [1.82, 2.24) is 4.57 Å². The van der Waals surface area contributed by atoms with Crippen molar-refractivity contribution in [2.24, 2.45) is 0 Å². The van der Waals surface area contributed by atoms with Crippen LogP contribution in [-0.4, -0.2) is 22.4 Å². The fraction of sp³-hybridized carbons (Fsp3) is 0.250. The topological polar surface area (TPSA) is 74.9 Å². The molecule has 1 aromatic heterocycles. The van der Waals surface area contributed by atoms with Gasteiger partial charge in [-0.15, -0.1) is 0 Å². The predicted molar refractivity (Wildman–Crippen MR) is 98.6 cm³/mol. The summed E-state index contributed by atoms with van der Waals surface area (Å²) < 4.78 is 39.2. The van der Waals surface area contributed by atoms with E-state index in [4.69, 9.17) is 0 Å². The molecule has 0 saturated carbocycles. The highest BCUT2D eigenvalue weighted by Crippen LogP contribution is 2.25. The Labute approximate surface area is 160 Å². The maximum Gasteiger partial charge on any atom is 0.406 e. The van der Waals surface area contributed by atoms with Crippen LogP contribution in [0.4, 0.5) is 18.9 Å². The number of allylic oxidation sites excluding steroid dienone is 1. The van der Waals surface area contributed by atoms with Crippen LogP contribution in [0.15, 0.2) is 35.9 Å². The van der Waals surface area contributed by atoms with Crippen molar-refractivity contribution in [3.05, 3.63) is 58.4 Å². The van der Waals surface area contributed by atoms with Crippen molar-refractivity contribution >= 4 is 23.5 Å². The number of hydrogen-bond donors (Lipinski definition) is 1. The quantitative estimate of drug-likeness (QED) is 0.467. The van der Waals surface area contributed by atoms with E-state index in [1.54, 1.807) is 24.3 Å². The first kappa shape index (κ1) is 21.0. The molecule has 0 radical (unpaired) electrons. The average Bonchev–Trinajstić information content (AvgIpc) is 2.87. The fourth-order valence-electron chi connectivity index (χ4n) is 2.78. The molecule has 8 heteroatoms. The maximum atomic E-state index is 12.7. The van der Waals surface area contributed by atoms with Crippen molar-refractivity contribution < 1.29 is 22.8 Å². The number of carbonyl (C=O) groups excluding carboxylic acids is 2. The molecule has 1 N–H and O–H groups in total. The molecule has 1 amide bonds. The third kappa shape index (κ3) is 5.10. The van der Waals surface area contributed by atoms with E-state index in [0.717, 1.165) is 4.57 Å². The average molecular weight is 389 g/mol. The lowest BCUT2D eigenvalue weighted by atomic mass is 10.0. The van der Waals surface area contributed by atoms with Gasteiger partial charge in [-0.25, -0.2) is 0 Å². The van der Waals surface area contributed by atoms with E-state index < -0.39 is 18.5 Å². The number of rotatable bonds is 5. The molecular weight excluding hydrogens is 371 g/mol. The second-order valence-electron chi connectivity index (χ2n) is 6.29. The van der Waals surface area contributed by atoms with Crippen LogP contribution < -0.4 is 5.32 Å². The van der Waals surface area contributed by atoms with Gasteiger partial charge < -0.3 is 9.88 Å². The highest BCUT2D eigenvalue weighted by Gasteiger charge is 2.30. The van der Waals surface area contributed by atoms with Gasteiger partial charge in [0.15, 0.2) is 0 Å². The van der Waals surface area contributed by atoms with Gasteiger partial charge in [-0.05, 0) is 43.7 Å². The summed E-state index contributed by atoms with van der Waals surface area (Å²) in [6.07, 6.45) is -3.06. The first-order chi connectivity index (χ1) is 13.0. The number of nitrogens with one attached hydrogen (secondary N) is 1. The highest BCUT2D eigenvalue weighted by atomic mass is 19.4. The Hall–Kier alpha value is -3.34. The minimum atomic E-state index is -4.42. The third-order valence-electron chi connectivity index (χ3n) is 4.06. The van der Waals surface area contributed by atoms with Gasteiger partial charge in [0.05, 0.1) is 0 Å². The number of alkyl halides is 3. The normalized spacial score (nSPS) is 11.8. The minimum Gasteiger partial charge on any atom is -0.339 e. The lowest BCUT2D eigenvalue weighted by Crippen LogP contribution is -2.19. The Balaban J connectivity index is 2.34. The van der Waals surface area contributed by atoms with E-state index in [0.29, 0.717) is 11.3 Å². The van der Waals surface area contributed by atoms with Gasteiger partial charge in [-0.1, -0.05) is 12.1 Å². The number of hydrogen-bond acceptors (Lipinski definition) is 3. The zero-order chi connectivity index (χ0) is 21.1. The van der Waals surface area contributed by atoms with Crippen LogP contribution in [0.3, 0.4) is 0 Å². The molecule has 1 aromatic carbocycles. The van der Waals surface area contributed by atoms with Crippen LogP contribution in [0, 0.1) is 25.2 Å². The lowest BCUT2D eigenvalue weighted by Gasteiger charge is -2.12. The molecule has 0 aliphatic rings. The van der Waals surface area contributed by atoms with Gasteiger partial charge in [0.1, 0.15) is 18.2 Å². The smallest absolute Gasteiger partial charge is 0.339 e. The second-order valence-corrected chi connectivity index (χ2v) is 6.29. The number of ketones is 1. The molecule has 2 aromatic rings. The van der Waals surface area contributed by atoms with Crippen LogP contribution in [0.1, 0.15) is 34.2 Å². The van der Waals surface area contributed by atoms with E-state index in [1.807, 2.05) is 6.07 Å². The predicted octanol–water partition coefficient (Wildman–Crippen LogP) is 4.42. The number of aromatic nitrogens is 1. The molecule has 0 aliphatic heterocycles. The largest absolute Gasteiger partial charge is 0.406 e. The van der Waals surface area contributed by atoms with Gasteiger partial charge in [-0.2, -0.15) is 18.4 Å². The Kier molecular flexibility index (Phi) is 6.09. The summed E-state index contributed by atoms with van der Waals surface area (Å²) in [6, 6.07) is 9.62. The molecule has 0 saturated heterocycles. The maximum absolute atomic E-state index is 12.7. The Morgan fingerprint density at radius 3 is 2.32 bits per heavy atom. The standard InChI is InChI=1S/C20H18F3N3O2/c1-12-8-18(13(2)26(12)11-20(21,22)23)19(28)16(10-24)9-15-4-6-17(7-5-15)25-14(3)27/h4-9H,11H2,1-3H3,(H,25,27)/b16-9+. The van der Waals surface area contributed by atoms with Gasteiger partial charge >= 0.3 is 6.18 Å². The van der Waals surface area contributed by atoms with E-state index in [1.165, 1.54) is 32.9 Å². The fourth-order valence-corrected chi connectivity index (χ4v) is 2.78. The summed E-state index contributed by atoms with van der Waals surface area (Å²) in [7, 11) is 0. The van der Waals surface area contributed by atoms with E-state index >= 15 is 0 Å². The van der Waals surface area contributed by atoms with Crippen LogP contribution in [0.5, 0.6) is 0 Å².